The van der Waals surface area contributed by atoms with Gasteiger partial charge in [-0.1, -0.05) is 13.8 Å². The molecule has 1 atom stereocenters. The van der Waals surface area contributed by atoms with Gasteiger partial charge in [-0.2, -0.15) is 5.10 Å². The minimum atomic E-state index is -0.312. The molecule has 0 aromatic heterocycles. The van der Waals surface area contributed by atoms with Crippen LogP contribution in [0.2, 0.25) is 0 Å². The molecule has 33 heavy (non-hydrogen) atoms. The monoisotopic (exact) mass is 460 g/mol. The zero-order valence-electron chi connectivity index (χ0n) is 20.2. The van der Waals surface area contributed by atoms with Gasteiger partial charge in [-0.05, 0) is 49.4 Å². The molecule has 0 bridgehead atoms. The second-order valence-electron chi connectivity index (χ2n) is 8.69. The van der Waals surface area contributed by atoms with Crippen LogP contribution in [0.3, 0.4) is 0 Å². The molecule has 0 spiro atoms. The van der Waals surface area contributed by atoms with Crippen LogP contribution in [-0.2, 0) is 9.53 Å². The van der Waals surface area contributed by atoms with Crippen LogP contribution in [0.15, 0.2) is 23.3 Å². The van der Waals surface area contributed by atoms with E-state index in [1.165, 1.54) is 0 Å². The Hall–Kier alpha value is -2.97. The van der Waals surface area contributed by atoms with Crippen molar-refractivity contribution in [3.63, 3.8) is 0 Å². The standard InChI is InChI=1S/C24H36N4O5/c1-5-32-24(30)27-13-11-26(12-14-27)23(29)20-7-6-10-28(20)25-16-19-8-9-21(31-4)22(15-19)33-17-18(2)3/h8-9,15-16,18,20H,5-7,10-14,17H2,1-4H3/b25-16+/t20-/m0/s1. The smallest absolute Gasteiger partial charge is 0.409 e. The van der Waals surface area contributed by atoms with Crippen LogP contribution in [0.1, 0.15) is 39.2 Å². The van der Waals surface area contributed by atoms with Crippen molar-refractivity contribution in [2.75, 3.05) is 53.0 Å². The van der Waals surface area contributed by atoms with E-state index in [1.807, 2.05) is 28.1 Å². The third kappa shape index (κ3) is 6.52. The summed E-state index contributed by atoms with van der Waals surface area (Å²) in [4.78, 5) is 28.5. The van der Waals surface area contributed by atoms with Crippen molar-refractivity contribution in [2.45, 2.75) is 39.7 Å². The number of ether oxygens (including phenoxy) is 3. The van der Waals surface area contributed by atoms with E-state index in [1.54, 1.807) is 25.1 Å². The molecule has 0 unspecified atom stereocenters. The number of rotatable bonds is 8. The Labute approximate surface area is 196 Å². The first-order chi connectivity index (χ1) is 15.9. The minimum absolute atomic E-state index is 0.0730. The maximum absolute atomic E-state index is 13.2. The van der Waals surface area contributed by atoms with Crippen LogP contribution >= 0.6 is 0 Å². The summed E-state index contributed by atoms with van der Waals surface area (Å²) in [6.45, 7) is 9.69. The van der Waals surface area contributed by atoms with Gasteiger partial charge in [0.25, 0.3) is 0 Å². The molecule has 0 N–H and O–H groups in total. The van der Waals surface area contributed by atoms with Crippen LogP contribution in [0.4, 0.5) is 4.79 Å². The lowest BCUT2D eigenvalue weighted by Crippen LogP contribution is -2.54. The first-order valence-corrected chi connectivity index (χ1v) is 11.7. The number of methoxy groups -OCH3 is 1. The highest BCUT2D eigenvalue weighted by Gasteiger charge is 2.35. The Morgan fingerprint density at radius 2 is 1.85 bits per heavy atom. The molecule has 2 aliphatic rings. The molecule has 2 amide bonds. The van der Waals surface area contributed by atoms with Gasteiger partial charge in [0.1, 0.15) is 6.04 Å². The van der Waals surface area contributed by atoms with Gasteiger partial charge in [0, 0.05) is 32.7 Å². The summed E-state index contributed by atoms with van der Waals surface area (Å²) in [5.41, 5.74) is 0.885. The van der Waals surface area contributed by atoms with Gasteiger partial charge < -0.3 is 24.0 Å². The number of benzene rings is 1. The van der Waals surface area contributed by atoms with Crippen LogP contribution in [-0.4, -0.2) is 92.1 Å². The van der Waals surface area contributed by atoms with E-state index < -0.39 is 0 Å². The van der Waals surface area contributed by atoms with E-state index in [4.69, 9.17) is 14.2 Å². The van der Waals surface area contributed by atoms with Crippen LogP contribution in [0, 0.1) is 5.92 Å². The van der Waals surface area contributed by atoms with E-state index in [-0.39, 0.29) is 18.0 Å². The van der Waals surface area contributed by atoms with Crippen molar-refractivity contribution in [1.82, 2.24) is 14.8 Å². The Bertz CT molecular complexity index is 836. The lowest BCUT2D eigenvalue weighted by atomic mass is 10.2. The molecule has 2 saturated heterocycles. The number of carbonyl (C=O) groups is 2. The van der Waals surface area contributed by atoms with E-state index >= 15 is 0 Å². The molecule has 0 radical (unpaired) electrons. The fourth-order valence-corrected chi connectivity index (χ4v) is 3.96. The Morgan fingerprint density at radius 1 is 1.12 bits per heavy atom. The molecule has 9 nitrogen and oxygen atoms in total. The summed E-state index contributed by atoms with van der Waals surface area (Å²) in [6, 6.07) is 5.43. The fraction of sp³-hybridized carbons (Fsp3) is 0.625. The van der Waals surface area contributed by atoms with Crippen molar-refractivity contribution < 1.29 is 23.8 Å². The number of hydrazone groups is 1. The highest BCUT2D eigenvalue weighted by atomic mass is 16.6. The van der Waals surface area contributed by atoms with E-state index in [0.717, 1.165) is 24.9 Å². The predicted octanol–water partition coefficient (Wildman–Crippen LogP) is 2.83. The summed E-state index contributed by atoms with van der Waals surface area (Å²) >= 11 is 0. The largest absolute Gasteiger partial charge is 0.493 e. The highest BCUT2D eigenvalue weighted by Crippen LogP contribution is 2.28. The maximum atomic E-state index is 13.2. The number of piperazine rings is 1. The number of nitrogens with zero attached hydrogens (tertiary/aromatic N) is 4. The molecule has 1 aromatic rings. The van der Waals surface area contributed by atoms with E-state index in [2.05, 4.69) is 18.9 Å². The maximum Gasteiger partial charge on any atom is 0.409 e. The van der Waals surface area contributed by atoms with Crippen LogP contribution in [0.25, 0.3) is 0 Å². The molecule has 0 aliphatic carbocycles. The quantitative estimate of drug-likeness (QED) is 0.555. The van der Waals surface area contributed by atoms with Gasteiger partial charge in [-0.15, -0.1) is 0 Å². The number of hydrogen-bond donors (Lipinski definition) is 0. The topological polar surface area (TPSA) is 83.9 Å². The van der Waals surface area contributed by atoms with Gasteiger partial charge >= 0.3 is 6.09 Å². The van der Waals surface area contributed by atoms with Crippen molar-refractivity contribution >= 4 is 18.2 Å². The zero-order valence-corrected chi connectivity index (χ0v) is 20.2. The third-order valence-electron chi connectivity index (χ3n) is 5.74. The average Bonchev–Trinajstić information content (AvgIpc) is 3.30. The summed E-state index contributed by atoms with van der Waals surface area (Å²) < 4.78 is 16.3. The lowest BCUT2D eigenvalue weighted by Gasteiger charge is -2.36. The van der Waals surface area contributed by atoms with Crippen molar-refractivity contribution in [1.29, 1.82) is 0 Å². The molecular weight excluding hydrogens is 424 g/mol. The van der Waals surface area contributed by atoms with Gasteiger partial charge in [0.2, 0.25) is 5.91 Å². The second-order valence-corrected chi connectivity index (χ2v) is 8.69. The second kappa shape index (κ2) is 11.8. The molecule has 182 valence electrons. The number of amides is 2. The first-order valence-electron chi connectivity index (χ1n) is 11.7. The summed E-state index contributed by atoms with van der Waals surface area (Å²) in [5, 5.41) is 6.50. The molecule has 2 fully saturated rings. The van der Waals surface area contributed by atoms with E-state index in [0.29, 0.717) is 56.8 Å². The summed E-state index contributed by atoms with van der Waals surface area (Å²) in [5.74, 6) is 1.85. The number of hydrogen-bond acceptors (Lipinski definition) is 7. The first kappa shape index (κ1) is 24.7. The van der Waals surface area contributed by atoms with Crippen molar-refractivity contribution in [3.8, 4) is 11.5 Å². The molecule has 1 aromatic carbocycles. The average molecular weight is 461 g/mol. The molecule has 3 rings (SSSR count). The summed E-state index contributed by atoms with van der Waals surface area (Å²) in [7, 11) is 1.62. The Morgan fingerprint density at radius 3 is 2.52 bits per heavy atom. The number of carbonyl (C=O) groups excluding carboxylic acids is 2. The summed E-state index contributed by atoms with van der Waals surface area (Å²) in [6.07, 6.45) is 3.15. The zero-order chi connectivity index (χ0) is 23.8. The van der Waals surface area contributed by atoms with E-state index in [9.17, 15) is 9.59 Å². The lowest BCUT2D eigenvalue weighted by molar-refractivity contribution is -0.137. The SMILES string of the molecule is CCOC(=O)N1CCN(C(=O)[C@@H]2CCCN2/N=C/c2ccc(OC)c(OCC(C)C)c2)CC1. The third-order valence-corrected chi connectivity index (χ3v) is 5.74. The fourth-order valence-electron chi connectivity index (χ4n) is 3.96. The van der Waals surface area contributed by atoms with Gasteiger partial charge in [-0.3, -0.25) is 9.80 Å². The minimum Gasteiger partial charge on any atom is -0.493 e. The molecule has 2 heterocycles. The molecular formula is C24H36N4O5. The van der Waals surface area contributed by atoms with Crippen LogP contribution in [0.5, 0.6) is 11.5 Å². The Kier molecular flexibility index (Phi) is 8.79. The van der Waals surface area contributed by atoms with Gasteiger partial charge in [0.15, 0.2) is 11.5 Å². The van der Waals surface area contributed by atoms with Gasteiger partial charge in [0.05, 0.1) is 26.5 Å². The van der Waals surface area contributed by atoms with Gasteiger partial charge in [-0.25, -0.2) is 4.79 Å². The normalized spacial score (nSPS) is 18.8. The van der Waals surface area contributed by atoms with Crippen LogP contribution < -0.4 is 9.47 Å². The van der Waals surface area contributed by atoms with Crippen molar-refractivity contribution in [2.24, 2.45) is 11.0 Å². The highest BCUT2D eigenvalue weighted by molar-refractivity contribution is 5.84. The Balaban J connectivity index is 1.61. The predicted molar refractivity (Wildman–Crippen MR) is 126 cm³/mol. The molecule has 2 aliphatic heterocycles. The van der Waals surface area contributed by atoms with Crippen molar-refractivity contribution in [3.05, 3.63) is 23.8 Å². The molecule has 0 saturated carbocycles. The molecule has 9 heteroatoms.